The minimum atomic E-state index is 0.888. The summed E-state index contributed by atoms with van der Waals surface area (Å²) in [5.41, 5.74) is 18.7. The van der Waals surface area contributed by atoms with Crippen LogP contribution in [0.3, 0.4) is 0 Å². The van der Waals surface area contributed by atoms with E-state index in [9.17, 15) is 0 Å². The second-order valence-corrected chi connectivity index (χ2v) is 17.7. The molecule has 6 heteroatoms. The molecular weight excluding hydrogens is 841 g/mol. The predicted molar refractivity (Wildman–Crippen MR) is 285 cm³/mol. The van der Waals surface area contributed by atoms with E-state index in [-0.39, 0.29) is 0 Å². The van der Waals surface area contributed by atoms with Gasteiger partial charge in [-0.15, -0.1) is 0 Å². The van der Waals surface area contributed by atoms with Crippen LogP contribution in [0.5, 0.6) is 0 Å². The molecule has 0 aliphatic rings. The van der Waals surface area contributed by atoms with Crippen molar-refractivity contribution in [2.75, 3.05) is 0 Å². The Kier molecular flexibility index (Phi) is 8.79. The molecule has 0 aliphatic carbocycles. The molecular formula is C63H40N6. The van der Waals surface area contributed by atoms with Crippen LogP contribution >= 0.6 is 0 Å². The Morgan fingerprint density at radius 3 is 1.51 bits per heavy atom. The molecule has 0 amide bonds. The molecule has 6 nitrogen and oxygen atoms in total. The smallest absolute Gasteiger partial charge is 0.138 e. The van der Waals surface area contributed by atoms with Gasteiger partial charge in [0.05, 0.1) is 50.5 Å². The molecule has 0 unspecified atom stereocenters. The summed E-state index contributed by atoms with van der Waals surface area (Å²) < 4.78 is 6.96. The standard InChI is InChI=1S/C63H40N6/c1-4-15-41(16-5-1)47-36-55(42-17-6-2-7-18-42)66-62(37-47)69-57-26-13-11-24-51(57)53-35-46(28-31-59(53)69)44-20-14-19-43(33-44)45-27-30-58-52(34-45)50-23-10-12-25-56(50)68(58)49-29-32-60-54(38-49)63-61(39-64-40-65-63)67(60)48-21-8-3-9-22-48/h1-40H. The first-order valence-corrected chi connectivity index (χ1v) is 23.3. The first-order valence-electron chi connectivity index (χ1n) is 23.3. The average Bonchev–Trinajstić information content (AvgIpc) is 4.06. The van der Waals surface area contributed by atoms with Gasteiger partial charge in [0.25, 0.3) is 0 Å². The Hall–Kier alpha value is -9.39. The van der Waals surface area contributed by atoms with Crippen LogP contribution in [0.25, 0.3) is 127 Å². The third kappa shape index (κ3) is 6.30. The summed E-state index contributed by atoms with van der Waals surface area (Å²) in [5, 5.41) is 5.88. The van der Waals surface area contributed by atoms with Crippen molar-refractivity contribution in [2.45, 2.75) is 0 Å². The van der Waals surface area contributed by atoms with E-state index in [1.165, 1.54) is 32.7 Å². The van der Waals surface area contributed by atoms with Crippen LogP contribution in [0.15, 0.2) is 243 Å². The maximum absolute atomic E-state index is 5.35. The van der Waals surface area contributed by atoms with Crippen molar-refractivity contribution in [3.63, 3.8) is 0 Å². The van der Waals surface area contributed by atoms with Gasteiger partial charge in [-0.05, 0) is 118 Å². The highest BCUT2D eigenvalue weighted by Crippen LogP contribution is 2.40. The summed E-state index contributed by atoms with van der Waals surface area (Å²) in [6.07, 6.45) is 3.55. The van der Waals surface area contributed by atoms with Crippen molar-refractivity contribution in [3.8, 4) is 61.8 Å². The van der Waals surface area contributed by atoms with E-state index in [0.717, 1.165) is 94.7 Å². The number of hydrogen-bond acceptors (Lipinski definition) is 3. The number of hydrogen-bond donors (Lipinski definition) is 0. The average molecular weight is 881 g/mol. The summed E-state index contributed by atoms with van der Waals surface area (Å²) in [6.45, 7) is 0. The molecule has 5 aromatic heterocycles. The molecule has 0 saturated carbocycles. The molecule has 0 radical (unpaired) electrons. The highest BCUT2D eigenvalue weighted by Gasteiger charge is 2.20. The lowest BCUT2D eigenvalue weighted by molar-refractivity contribution is 1.08. The first-order chi connectivity index (χ1) is 34.2. The molecule has 0 spiro atoms. The summed E-state index contributed by atoms with van der Waals surface area (Å²) in [5.74, 6) is 0.888. The van der Waals surface area contributed by atoms with Gasteiger partial charge in [-0.3, -0.25) is 4.57 Å². The second-order valence-electron chi connectivity index (χ2n) is 17.7. The van der Waals surface area contributed by atoms with Gasteiger partial charge in [0, 0.05) is 43.9 Å². The lowest BCUT2D eigenvalue weighted by Crippen LogP contribution is -2.00. The van der Waals surface area contributed by atoms with Gasteiger partial charge in [-0.1, -0.05) is 146 Å². The number of fused-ring (bicyclic) bond motifs is 9. The summed E-state index contributed by atoms with van der Waals surface area (Å²) in [4.78, 5) is 14.6. The fraction of sp³-hybridized carbons (Fsp3) is 0. The number of aromatic nitrogens is 6. The molecule has 0 saturated heterocycles. The van der Waals surface area contributed by atoms with Crippen LogP contribution in [0.2, 0.25) is 0 Å². The lowest BCUT2D eigenvalue weighted by atomic mass is 9.97. The van der Waals surface area contributed by atoms with Crippen molar-refractivity contribution in [1.29, 1.82) is 0 Å². The van der Waals surface area contributed by atoms with Gasteiger partial charge in [0.2, 0.25) is 0 Å². The summed E-state index contributed by atoms with van der Waals surface area (Å²) in [6, 6.07) is 82.8. The van der Waals surface area contributed by atoms with Crippen LogP contribution in [-0.4, -0.2) is 28.7 Å². The Morgan fingerprint density at radius 1 is 0.290 bits per heavy atom. The van der Waals surface area contributed by atoms with Crippen molar-refractivity contribution >= 4 is 65.5 Å². The minimum Gasteiger partial charge on any atom is -0.309 e. The third-order valence-electron chi connectivity index (χ3n) is 13.8. The molecule has 0 atom stereocenters. The first kappa shape index (κ1) is 38.8. The molecule has 14 aromatic rings. The van der Waals surface area contributed by atoms with E-state index in [2.05, 4.69) is 243 Å². The second kappa shape index (κ2) is 15.6. The van der Waals surface area contributed by atoms with Crippen LogP contribution in [0.4, 0.5) is 0 Å². The zero-order valence-electron chi connectivity index (χ0n) is 37.3. The highest BCUT2D eigenvalue weighted by atomic mass is 15.1. The van der Waals surface area contributed by atoms with Crippen LogP contribution in [0, 0.1) is 0 Å². The number of pyridine rings is 1. The fourth-order valence-corrected chi connectivity index (χ4v) is 10.6. The zero-order valence-corrected chi connectivity index (χ0v) is 37.3. The maximum Gasteiger partial charge on any atom is 0.138 e. The van der Waals surface area contributed by atoms with Gasteiger partial charge >= 0.3 is 0 Å². The molecule has 0 bridgehead atoms. The molecule has 9 aromatic carbocycles. The topological polar surface area (TPSA) is 53.5 Å². The largest absolute Gasteiger partial charge is 0.309 e. The van der Waals surface area contributed by atoms with Crippen molar-refractivity contribution in [1.82, 2.24) is 28.7 Å². The van der Waals surface area contributed by atoms with E-state index in [1.807, 2.05) is 12.3 Å². The van der Waals surface area contributed by atoms with E-state index < -0.39 is 0 Å². The SMILES string of the molecule is c1ccc(-c2cc(-c3ccccc3)nc(-n3c4ccccc4c4cc(-c5cccc(-c6ccc7c(c6)c6ccccc6n7-c6ccc7c(c6)c6ncncc6n7-c6ccccc6)c5)ccc43)c2)cc1. The number of rotatable bonds is 7. The molecule has 0 fully saturated rings. The number of para-hydroxylation sites is 3. The zero-order chi connectivity index (χ0) is 45.4. The molecule has 14 rings (SSSR count). The van der Waals surface area contributed by atoms with E-state index in [1.54, 1.807) is 6.33 Å². The maximum atomic E-state index is 5.35. The van der Waals surface area contributed by atoms with Gasteiger partial charge in [-0.2, -0.15) is 0 Å². The molecule has 69 heavy (non-hydrogen) atoms. The Balaban J connectivity index is 0.871. The van der Waals surface area contributed by atoms with Crippen molar-refractivity contribution < 1.29 is 0 Å². The van der Waals surface area contributed by atoms with E-state index in [4.69, 9.17) is 9.97 Å². The number of benzene rings is 9. The van der Waals surface area contributed by atoms with Crippen LogP contribution < -0.4 is 0 Å². The fourth-order valence-electron chi connectivity index (χ4n) is 10.6. The third-order valence-corrected chi connectivity index (χ3v) is 13.8. The minimum absolute atomic E-state index is 0.888. The van der Waals surface area contributed by atoms with Crippen molar-refractivity contribution in [3.05, 3.63) is 243 Å². The van der Waals surface area contributed by atoms with E-state index >= 15 is 0 Å². The van der Waals surface area contributed by atoms with Gasteiger partial charge in [0.15, 0.2) is 0 Å². The Bertz CT molecular complexity index is 4240. The predicted octanol–water partition coefficient (Wildman–Crippen LogP) is 15.8. The van der Waals surface area contributed by atoms with Gasteiger partial charge < -0.3 is 9.13 Å². The number of nitrogens with zero attached hydrogens (tertiary/aromatic N) is 6. The van der Waals surface area contributed by atoms with Crippen LogP contribution in [0.1, 0.15) is 0 Å². The summed E-state index contributed by atoms with van der Waals surface area (Å²) in [7, 11) is 0. The monoisotopic (exact) mass is 880 g/mol. The normalized spacial score (nSPS) is 11.8. The van der Waals surface area contributed by atoms with Gasteiger partial charge in [0.1, 0.15) is 12.1 Å². The molecule has 5 heterocycles. The van der Waals surface area contributed by atoms with Gasteiger partial charge in [-0.25, -0.2) is 15.0 Å². The quantitative estimate of drug-likeness (QED) is 0.160. The van der Waals surface area contributed by atoms with Crippen LogP contribution in [-0.2, 0) is 0 Å². The van der Waals surface area contributed by atoms with E-state index in [0.29, 0.717) is 0 Å². The molecule has 322 valence electrons. The highest BCUT2D eigenvalue weighted by molar-refractivity contribution is 6.13. The lowest BCUT2D eigenvalue weighted by Gasteiger charge is -2.13. The Labute approximate surface area is 397 Å². The molecule has 0 N–H and O–H groups in total. The molecule has 0 aliphatic heterocycles. The van der Waals surface area contributed by atoms with Crippen molar-refractivity contribution in [2.24, 2.45) is 0 Å². The summed E-state index contributed by atoms with van der Waals surface area (Å²) >= 11 is 0. The Morgan fingerprint density at radius 2 is 0.812 bits per heavy atom.